The summed E-state index contributed by atoms with van der Waals surface area (Å²) in [4.78, 5) is 19.5. The molecule has 10 nitrogen and oxygen atoms in total. The largest absolute Gasteiger partial charge is 0.416 e. The first-order valence-corrected chi connectivity index (χ1v) is 9.24. The Labute approximate surface area is 161 Å². The Morgan fingerprint density at radius 1 is 0.931 bits per heavy atom. The van der Waals surface area contributed by atoms with Gasteiger partial charge in [-0.2, -0.15) is 13.2 Å². The molecule has 156 valence electrons. The minimum atomic E-state index is -4.76. The number of sulfonamides is 1. The molecule has 0 aliphatic rings. The number of hydrogen-bond acceptors (Lipinski definition) is 7. The summed E-state index contributed by atoms with van der Waals surface area (Å²) in [6.45, 7) is -0.571. The van der Waals surface area contributed by atoms with Gasteiger partial charge in [0.05, 0.1) is 15.4 Å². The molecule has 0 aromatic heterocycles. The number of nitrogens with one attached hydrogen (secondary N) is 2. The van der Waals surface area contributed by atoms with Crippen molar-refractivity contribution in [2.24, 2.45) is 0 Å². The zero-order valence-electron chi connectivity index (χ0n) is 14.3. The average Bonchev–Trinajstić information content (AvgIpc) is 2.64. The molecule has 0 fully saturated rings. The van der Waals surface area contributed by atoms with E-state index in [9.17, 15) is 41.8 Å². The minimum absolute atomic E-state index is 0.230. The highest BCUT2D eigenvalue weighted by Gasteiger charge is 2.33. The van der Waals surface area contributed by atoms with Crippen LogP contribution in [0, 0.1) is 20.2 Å². The third kappa shape index (κ3) is 5.39. The van der Waals surface area contributed by atoms with Gasteiger partial charge in [0.15, 0.2) is 4.90 Å². The summed E-state index contributed by atoms with van der Waals surface area (Å²) in [5, 5.41) is 24.4. The van der Waals surface area contributed by atoms with Gasteiger partial charge in [-0.15, -0.1) is 0 Å². The predicted molar refractivity (Wildman–Crippen MR) is 94.9 cm³/mol. The fraction of sp³-hybridized carbons (Fsp3) is 0.200. The summed E-state index contributed by atoms with van der Waals surface area (Å²) in [6.07, 6.45) is -4.76. The summed E-state index contributed by atoms with van der Waals surface area (Å²) in [7, 11) is -4.26. The third-order valence-electron chi connectivity index (χ3n) is 3.61. The van der Waals surface area contributed by atoms with Crippen molar-refractivity contribution in [2.75, 3.05) is 18.4 Å². The van der Waals surface area contributed by atoms with Gasteiger partial charge in [0.1, 0.15) is 5.69 Å². The minimum Gasteiger partial charge on any atom is -0.378 e. The maximum Gasteiger partial charge on any atom is 0.416 e. The van der Waals surface area contributed by atoms with E-state index < -0.39 is 47.9 Å². The van der Waals surface area contributed by atoms with Gasteiger partial charge in [0.2, 0.25) is 10.0 Å². The van der Waals surface area contributed by atoms with Crippen LogP contribution >= 0.6 is 0 Å². The van der Waals surface area contributed by atoms with Gasteiger partial charge in [0.25, 0.3) is 11.4 Å². The molecule has 0 bridgehead atoms. The van der Waals surface area contributed by atoms with Gasteiger partial charge in [-0.25, -0.2) is 13.1 Å². The molecule has 0 saturated carbocycles. The second kappa shape index (κ2) is 8.40. The van der Waals surface area contributed by atoms with E-state index >= 15 is 0 Å². The van der Waals surface area contributed by atoms with E-state index in [1.807, 2.05) is 0 Å². The monoisotopic (exact) mass is 434 g/mol. The van der Waals surface area contributed by atoms with Gasteiger partial charge >= 0.3 is 6.18 Å². The molecular weight excluding hydrogens is 421 g/mol. The molecule has 2 rings (SSSR count). The molecule has 29 heavy (non-hydrogen) atoms. The number of benzene rings is 2. The van der Waals surface area contributed by atoms with Crippen molar-refractivity contribution in [1.29, 1.82) is 0 Å². The molecule has 0 spiro atoms. The van der Waals surface area contributed by atoms with Crippen LogP contribution in [0.3, 0.4) is 0 Å². The van der Waals surface area contributed by atoms with E-state index in [0.717, 1.165) is 18.2 Å². The van der Waals surface area contributed by atoms with E-state index in [1.54, 1.807) is 0 Å². The lowest BCUT2D eigenvalue weighted by molar-refractivity contribution is -0.387. The third-order valence-corrected chi connectivity index (χ3v) is 5.11. The smallest absolute Gasteiger partial charge is 0.378 e. The van der Waals surface area contributed by atoms with E-state index in [2.05, 4.69) is 10.0 Å². The summed E-state index contributed by atoms with van der Waals surface area (Å²) >= 11 is 0. The molecule has 0 saturated heterocycles. The Hall–Kier alpha value is -3.26. The van der Waals surface area contributed by atoms with Gasteiger partial charge in [-0.1, -0.05) is 12.1 Å². The number of rotatable bonds is 8. The Bertz CT molecular complexity index is 1040. The molecule has 2 aromatic carbocycles. The number of nitrogens with zero attached hydrogens (tertiary/aromatic N) is 2. The quantitative estimate of drug-likeness (QED) is 0.369. The first-order chi connectivity index (χ1) is 13.4. The standard InChI is InChI=1S/C15H13F3N4O6S/c16-15(17,18)10-5-6-11(13(9-10)22(25)26)19-7-8-20-29(27,28)14-4-2-1-3-12(14)21(23)24/h1-6,9,19-20H,7-8H2. The highest BCUT2D eigenvalue weighted by atomic mass is 32.2. The number of para-hydroxylation sites is 1. The van der Waals surface area contributed by atoms with E-state index in [-0.39, 0.29) is 18.8 Å². The summed E-state index contributed by atoms with van der Waals surface area (Å²) in [5.74, 6) is 0. The molecular formula is C15H13F3N4O6S. The van der Waals surface area contributed by atoms with Crippen molar-refractivity contribution in [3.63, 3.8) is 0 Å². The lowest BCUT2D eigenvalue weighted by Crippen LogP contribution is -2.29. The lowest BCUT2D eigenvalue weighted by atomic mass is 10.1. The number of anilines is 1. The normalized spacial score (nSPS) is 11.8. The molecule has 14 heteroatoms. The van der Waals surface area contributed by atoms with E-state index in [4.69, 9.17) is 0 Å². The molecule has 2 N–H and O–H groups in total. The summed E-state index contributed by atoms with van der Waals surface area (Å²) in [6, 6.07) is 6.50. The lowest BCUT2D eigenvalue weighted by Gasteiger charge is -2.11. The van der Waals surface area contributed by atoms with Crippen LogP contribution < -0.4 is 10.0 Å². The molecule has 0 atom stereocenters. The van der Waals surface area contributed by atoms with Crippen LogP contribution in [-0.4, -0.2) is 31.4 Å². The number of nitro benzene ring substituents is 2. The fourth-order valence-electron chi connectivity index (χ4n) is 2.30. The molecule has 0 heterocycles. The zero-order chi connectivity index (χ0) is 21.8. The highest BCUT2D eigenvalue weighted by molar-refractivity contribution is 7.89. The van der Waals surface area contributed by atoms with Gasteiger partial charge in [-0.05, 0) is 18.2 Å². The summed E-state index contributed by atoms with van der Waals surface area (Å²) < 4.78 is 64.6. The maximum absolute atomic E-state index is 12.7. The van der Waals surface area contributed by atoms with E-state index in [0.29, 0.717) is 12.1 Å². The van der Waals surface area contributed by atoms with Crippen molar-refractivity contribution < 1.29 is 31.4 Å². The number of halogens is 3. The van der Waals surface area contributed by atoms with Crippen LogP contribution in [0.2, 0.25) is 0 Å². The van der Waals surface area contributed by atoms with Crippen molar-refractivity contribution in [1.82, 2.24) is 4.72 Å². The van der Waals surface area contributed by atoms with Crippen LogP contribution in [0.25, 0.3) is 0 Å². The topological polar surface area (TPSA) is 144 Å². The Morgan fingerprint density at radius 3 is 2.14 bits per heavy atom. The van der Waals surface area contributed by atoms with Crippen molar-refractivity contribution in [2.45, 2.75) is 11.1 Å². The number of alkyl halides is 3. The summed E-state index contributed by atoms with van der Waals surface area (Å²) in [5.41, 5.74) is -2.91. The van der Waals surface area contributed by atoms with Crippen molar-refractivity contribution in [3.05, 3.63) is 68.3 Å². The second-order valence-corrected chi connectivity index (χ2v) is 7.27. The molecule has 0 amide bonds. The molecule has 0 aliphatic carbocycles. The maximum atomic E-state index is 12.7. The fourth-order valence-corrected chi connectivity index (χ4v) is 3.51. The zero-order valence-corrected chi connectivity index (χ0v) is 15.2. The van der Waals surface area contributed by atoms with Crippen LogP contribution in [0.5, 0.6) is 0 Å². The van der Waals surface area contributed by atoms with Crippen molar-refractivity contribution >= 4 is 27.1 Å². The Morgan fingerprint density at radius 2 is 1.55 bits per heavy atom. The van der Waals surface area contributed by atoms with Crippen LogP contribution in [0.4, 0.5) is 30.2 Å². The first kappa shape index (κ1) is 22.0. The van der Waals surface area contributed by atoms with Gasteiger partial charge in [-0.3, -0.25) is 20.2 Å². The van der Waals surface area contributed by atoms with E-state index in [1.165, 1.54) is 12.1 Å². The molecule has 0 aliphatic heterocycles. The van der Waals surface area contributed by atoms with Gasteiger partial charge in [0, 0.05) is 25.2 Å². The molecule has 2 aromatic rings. The SMILES string of the molecule is O=[N+]([O-])c1cc(C(F)(F)F)ccc1NCCNS(=O)(=O)c1ccccc1[N+](=O)[O-]. The first-order valence-electron chi connectivity index (χ1n) is 7.76. The van der Waals surface area contributed by atoms with Crippen molar-refractivity contribution in [3.8, 4) is 0 Å². The molecule has 0 unspecified atom stereocenters. The Kier molecular flexibility index (Phi) is 6.38. The number of hydrogen-bond donors (Lipinski definition) is 2. The second-order valence-electron chi connectivity index (χ2n) is 5.54. The van der Waals surface area contributed by atoms with Crippen LogP contribution in [0.15, 0.2) is 47.4 Å². The molecule has 0 radical (unpaired) electrons. The predicted octanol–water partition coefficient (Wildman–Crippen LogP) is 2.91. The number of nitro groups is 2. The average molecular weight is 434 g/mol. The highest BCUT2D eigenvalue weighted by Crippen LogP contribution is 2.34. The van der Waals surface area contributed by atoms with Crippen LogP contribution in [0.1, 0.15) is 5.56 Å². The Balaban J connectivity index is 2.09. The van der Waals surface area contributed by atoms with Crippen LogP contribution in [-0.2, 0) is 16.2 Å². The van der Waals surface area contributed by atoms with Gasteiger partial charge < -0.3 is 5.32 Å².